The molecule has 1 aromatic rings. The Labute approximate surface area is 146 Å². The van der Waals surface area contributed by atoms with Crippen LogP contribution in [0.1, 0.15) is 44.3 Å². The zero-order valence-electron chi connectivity index (χ0n) is 14.3. The lowest BCUT2D eigenvalue weighted by molar-refractivity contribution is -0.191. The van der Waals surface area contributed by atoms with E-state index in [1.807, 2.05) is 6.07 Å². The lowest BCUT2D eigenvalue weighted by atomic mass is 9.45. The van der Waals surface area contributed by atoms with Gasteiger partial charge in [0.1, 0.15) is 6.10 Å². The van der Waals surface area contributed by atoms with Gasteiger partial charge in [-0.1, -0.05) is 19.1 Å². The van der Waals surface area contributed by atoms with Crippen molar-refractivity contribution in [1.82, 2.24) is 0 Å². The summed E-state index contributed by atoms with van der Waals surface area (Å²) in [6.45, 7) is 2.69. The summed E-state index contributed by atoms with van der Waals surface area (Å²) in [6.07, 6.45) is 10.5. The Balaban J connectivity index is 1.57. The zero-order chi connectivity index (χ0) is 17.2. The summed E-state index contributed by atoms with van der Waals surface area (Å²) in [7, 11) is 0. The molecule has 0 bridgehead atoms. The Kier molecular flexibility index (Phi) is 3.04. The molecule has 5 heteroatoms. The molecule has 5 nitrogen and oxygen atoms in total. The van der Waals surface area contributed by atoms with E-state index >= 15 is 0 Å². The number of carbonyl (C=O) groups excluding carboxylic acids is 2. The van der Waals surface area contributed by atoms with Crippen molar-refractivity contribution in [1.29, 1.82) is 0 Å². The van der Waals surface area contributed by atoms with E-state index in [9.17, 15) is 9.59 Å². The molecule has 4 aliphatic rings. The molecule has 0 N–H and O–H groups in total. The Morgan fingerprint density at radius 3 is 2.88 bits per heavy atom. The van der Waals surface area contributed by atoms with Gasteiger partial charge in [0, 0.05) is 11.0 Å². The summed E-state index contributed by atoms with van der Waals surface area (Å²) in [4.78, 5) is 25.1. The van der Waals surface area contributed by atoms with Crippen LogP contribution in [0.25, 0.3) is 0 Å². The van der Waals surface area contributed by atoms with Gasteiger partial charge in [-0.2, -0.15) is 0 Å². The molecular formula is C20H22O5. The molecular weight excluding hydrogens is 320 g/mol. The predicted molar refractivity (Wildman–Crippen MR) is 87.1 cm³/mol. The van der Waals surface area contributed by atoms with Crippen molar-refractivity contribution in [2.24, 2.45) is 28.6 Å². The first kappa shape index (κ1) is 15.2. The summed E-state index contributed by atoms with van der Waals surface area (Å²) >= 11 is 0. The number of esters is 2. The van der Waals surface area contributed by atoms with Gasteiger partial charge in [-0.05, 0) is 43.1 Å². The fraction of sp³-hybridized carbons (Fsp3) is 0.600. The Morgan fingerprint density at radius 1 is 1.20 bits per heavy atom. The third kappa shape index (κ3) is 1.89. The van der Waals surface area contributed by atoms with Crippen molar-refractivity contribution in [2.75, 3.05) is 6.61 Å². The van der Waals surface area contributed by atoms with E-state index in [0.717, 1.165) is 31.2 Å². The first-order valence-corrected chi connectivity index (χ1v) is 9.10. The molecule has 1 saturated carbocycles. The average molecular weight is 342 g/mol. The van der Waals surface area contributed by atoms with Crippen LogP contribution in [0.5, 0.6) is 0 Å². The minimum atomic E-state index is -0.283. The van der Waals surface area contributed by atoms with Crippen LogP contribution in [0.2, 0.25) is 0 Å². The molecule has 0 radical (unpaired) electrons. The van der Waals surface area contributed by atoms with E-state index in [2.05, 4.69) is 19.1 Å². The highest BCUT2D eigenvalue weighted by molar-refractivity contribution is 5.78. The van der Waals surface area contributed by atoms with Gasteiger partial charge in [-0.3, -0.25) is 9.59 Å². The molecule has 3 fully saturated rings. The van der Waals surface area contributed by atoms with Crippen LogP contribution >= 0.6 is 0 Å². The molecule has 2 aliphatic carbocycles. The molecule has 1 spiro atoms. The average Bonchev–Trinajstić information content (AvgIpc) is 3.23. The zero-order valence-corrected chi connectivity index (χ0v) is 14.3. The third-order valence-corrected chi connectivity index (χ3v) is 7.27. The smallest absolute Gasteiger partial charge is 0.310 e. The summed E-state index contributed by atoms with van der Waals surface area (Å²) in [5, 5.41) is 0. The first-order chi connectivity index (χ1) is 12.0. The van der Waals surface area contributed by atoms with Crippen molar-refractivity contribution in [3.05, 3.63) is 36.3 Å². The number of fused-ring (bicyclic) bond motifs is 2. The number of cyclic esters (lactones) is 2. The largest absolute Gasteiger partial charge is 0.472 e. The summed E-state index contributed by atoms with van der Waals surface area (Å²) in [5.41, 5.74) is 0.511. The van der Waals surface area contributed by atoms with Gasteiger partial charge in [0.2, 0.25) is 0 Å². The van der Waals surface area contributed by atoms with E-state index < -0.39 is 0 Å². The van der Waals surface area contributed by atoms with Gasteiger partial charge in [-0.25, -0.2) is 0 Å². The highest BCUT2D eigenvalue weighted by Crippen LogP contribution is 2.65. The van der Waals surface area contributed by atoms with Crippen LogP contribution in [0.4, 0.5) is 0 Å². The summed E-state index contributed by atoms with van der Waals surface area (Å²) in [6, 6.07) is 1.86. The van der Waals surface area contributed by atoms with Crippen molar-refractivity contribution < 1.29 is 23.5 Å². The maximum absolute atomic E-state index is 12.8. The van der Waals surface area contributed by atoms with Gasteiger partial charge < -0.3 is 13.9 Å². The van der Waals surface area contributed by atoms with E-state index in [1.165, 1.54) is 0 Å². The van der Waals surface area contributed by atoms with E-state index in [4.69, 9.17) is 13.9 Å². The molecule has 6 atom stereocenters. The fourth-order valence-corrected chi connectivity index (χ4v) is 6.02. The number of hydrogen-bond donors (Lipinski definition) is 0. The van der Waals surface area contributed by atoms with E-state index in [-0.39, 0.29) is 46.6 Å². The monoisotopic (exact) mass is 342 g/mol. The second-order valence-electron chi connectivity index (χ2n) is 8.32. The predicted octanol–water partition coefficient (Wildman–Crippen LogP) is 3.42. The molecule has 1 aromatic heterocycles. The second-order valence-corrected chi connectivity index (χ2v) is 8.32. The molecule has 25 heavy (non-hydrogen) atoms. The van der Waals surface area contributed by atoms with Gasteiger partial charge in [0.15, 0.2) is 0 Å². The van der Waals surface area contributed by atoms with Gasteiger partial charge in [0.05, 0.1) is 31.0 Å². The highest BCUT2D eigenvalue weighted by atomic mass is 16.5. The van der Waals surface area contributed by atoms with Crippen LogP contribution in [0, 0.1) is 28.6 Å². The highest BCUT2D eigenvalue weighted by Gasteiger charge is 2.66. The van der Waals surface area contributed by atoms with Gasteiger partial charge in [-0.15, -0.1) is 0 Å². The number of hydrogen-bond acceptors (Lipinski definition) is 5. The number of furan rings is 1. The third-order valence-electron chi connectivity index (χ3n) is 7.27. The topological polar surface area (TPSA) is 65.7 Å². The van der Waals surface area contributed by atoms with Crippen molar-refractivity contribution >= 4 is 11.9 Å². The minimum absolute atomic E-state index is 0.0643. The Bertz CT molecular complexity index is 750. The fourth-order valence-electron chi connectivity index (χ4n) is 6.02. The van der Waals surface area contributed by atoms with Crippen LogP contribution in [0.15, 0.2) is 35.2 Å². The Morgan fingerprint density at radius 2 is 2.08 bits per heavy atom. The number of ether oxygens (including phenoxy) is 2. The maximum atomic E-state index is 12.8. The van der Waals surface area contributed by atoms with Crippen molar-refractivity contribution in [2.45, 2.75) is 38.7 Å². The quantitative estimate of drug-likeness (QED) is 0.578. The standard InChI is InChI=1S/C20H22O5/c1-19-9-15(12-6-8-23-10-12)25-18(22)13(19)5-7-20-11-24-17(21)14(20)3-2-4-16(19)20/h2,4,6,8,10,13-16H,3,5,7,9,11H2,1H3/t13-,14-,15?,16+,19+,20-/m1/s1. The SMILES string of the molecule is C[C@]12CC(c3ccoc3)OC(=O)[C@H]1CC[C@@]13COC(=O)[C@H]1CC=C[C@@H]23. The molecule has 2 aliphatic heterocycles. The van der Waals surface area contributed by atoms with Crippen LogP contribution in [-0.2, 0) is 19.1 Å². The van der Waals surface area contributed by atoms with Crippen LogP contribution < -0.4 is 0 Å². The van der Waals surface area contributed by atoms with Crippen LogP contribution in [0.3, 0.4) is 0 Å². The van der Waals surface area contributed by atoms with Crippen molar-refractivity contribution in [3.8, 4) is 0 Å². The van der Waals surface area contributed by atoms with Crippen molar-refractivity contribution in [3.63, 3.8) is 0 Å². The number of allylic oxidation sites excluding steroid dienone is 2. The lowest BCUT2D eigenvalue weighted by Gasteiger charge is -2.58. The van der Waals surface area contributed by atoms with E-state index in [1.54, 1.807) is 12.5 Å². The number of rotatable bonds is 1. The molecule has 5 rings (SSSR count). The lowest BCUT2D eigenvalue weighted by Crippen LogP contribution is -2.57. The molecule has 1 unspecified atom stereocenters. The molecule has 0 amide bonds. The molecule has 2 saturated heterocycles. The Hall–Kier alpha value is -2.04. The van der Waals surface area contributed by atoms with Gasteiger partial charge in [0.25, 0.3) is 0 Å². The first-order valence-electron chi connectivity index (χ1n) is 9.10. The number of carbonyl (C=O) groups is 2. The molecule has 0 aromatic carbocycles. The summed E-state index contributed by atoms with van der Waals surface area (Å²) < 4.78 is 16.4. The molecule has 132 valence electrons. The second kappa shape index (κ2) is 4.99. The molecule has 3 heterocycles. The van der Waals surface area contributed by atoms with Gasteiger partial charge >= 0.3 is 11.9 Å². The summed E-state index contributed by atoms with van der Waals surface area (Å²) in [5.74, 6) is -0.209. The van der Waals surface area contributed by atoms with E-state index in [0.29, 0.717) is 6.61 Å². The maximum Gasteiger partial charge on any atom is 0.310 e. The minimum Gasteiger partial charge on any atom is -0.472 e. The van der Waals surface area contributed by atoms with Crippen LogP contribution in [-0.4, -0.2) is 18.5 Å². The normalized spacial score (nSPS) is 45.2.